The number of aryl methyl sites for hydroxylation is 1. The Labute approximate surface area is 187 Å². The Kier molecular flexibility index (Phi) is 7.20. The fraction of sp³-hybridized carbons (Fsp3) is 0.174. The van der Waals surface area contributed by atoms with Gasteiger partial charge in [0.25, 0.3) is 10.0 Å². The molecule has 0 saturated carbocycles. The minimum absolute atomic E-state index is 0.103. The summed E-state index contributed by atoms with van der Waals surface area (Å²) in [6, 6.07) is 19.7. The number of nitrogens with zero attached hydrogens (tertiary/aromatic N) is 1. The standard InChI is InChI=1S/C23H23ClN2O4S/c1-3-30-21-12-10-20(11-13-21)26(31(28,29)22-14-4-17(2)5-15-22)16-23(27)25-19-8-6-18(24)7-9-19/h4-15H,3,16H2,1-2H3,(H,25,27). The van der Waals surface area contributed by atoms with Crippen molar-refractivity contribution < 1.29 is 17.9 Å². The lowest BCUT2D eigenvalue weighted by Crippen LogP contribution is -2.38. The number of carbonyl (C=O) groups excluding carboxylic acids is 1. The number of hydrogen-bond donors (Lipinski definition) is 1. The topological polar surface area (TPSA) is 75.7 Å². The summed E-state index contributed by atoms with van der Waals surface area (Å²) in [5.74, 6) is 0.136. The summed E-state index contributed by atoms with van der Waals surface area (Å²) in [5.41, 5.74) is 1.82. The number of halogens is 1. The van der Waals surface area contributed by atoms with Gasteiger partial charge in [0.15, 0.2) is 0 Å². The lowest BCUT2D eigenvalue weighted by atomic mass is 10.2. The van der Waals surface area contributed by atoms with Gasteiger partial charge < -0.3 is 10.1 Å². The molecule has 1 amide bonds. The van der Waals surface area contributed by atoms with Crippen LogP contribution in [-0.4, -0.2) is 27.5 Å². The number of ether oxygens (including phenoxy) is 1. The van der Waals surface area contributed by atoms with E-state index >= 15 is 0 Å². The second-order valence-corrected chi connectivity index (χ2v) is 9.11. The molecule has 0 bridgehead atoms. The highest BCUT2D eigenvalue weighted by atomic mass is 35.5. The third-order valence-corrected chi connectivity index (χ3v) is 6.50. The van der Waals surface area contributed by atoms with Crippen molar-refractivity contribution in [2.45, 2.75) is 18.7 Å². The summed E-state index contributed by atoms with van der Waals surface area (Å²) in [4.78, 5) is 12.8. The van der Waals surface area contributed by atoms with Crippen LogP contribution in [0.2, 0.25) is 5.02 Å². The molecule has 0 radical (unpaired) electrons. The average Bonchev–Trinajstić information content (AvgIpc) is 2.75. The van der Waals surface area contributed by atoms with Crippen molar-refractivity contribution in [3.63, 3.8) is 0 Å². The van der Waals surface area contributed by atoms with Gasteiger partial charge >= 0.3 is 0 Å². The normalized spacial score (nSPS) is 11.1. The maximum absolute atomic E-state index is 13.4. The fourth-order valence-electron chi connectivity index (χ4n) is 2.89. The number of sulfonamides is 1. The van der Waals surface area contributed by atoms with Crippen molar-refractivity contribution in [3.8, 4) is 5.75 Å². The Morgan fingerprint density at radius 2 is 1.58 bits per heavy atom. The van der Waals surface area contributed by atoms with E-state index in [-0.39, 0.29) is 4.90 Å². The van der Waals surface area contributed by atoms with Crippen LogP contribution in [-0.2, 0) is 14.8 Å². The second-order valence-electron chi connectivity index (χ2n) is 6.81. The van der Waals surface area contributed by atoms with Gasteiger partial charge in [0.05, 0.1) is 17.2 Å². The molecule has 31 heavy (non-hydrogen) atoms. The number of nitrogens with one attached hydrogen (secondary N) is 1. The van der Waals surface area contributed by atoms with Crippen LogP contribution in [0.3, 0.4) is 0 Å². The van der Waals surface area contributed by atoms with Crippen LogP contribution in [0.25, 0.3) is 0 Å². The molecule has 0 aliphatic carbocycles. The zero-order chi connectivity index (χ0) is 22.4. The fourth-order valence-corrected chi connectivity index (χ4v) is 4.44. The molecule has 0 spiro atoms. The molecule has 0 aliphatic rings. The minimum atomic E-state index is -3.98. The molecule has 0 aliphatic heterocycles. The van der Waals surface area contributed by atoms with E-state index in [1.165, 1.54) is 12.1 Å². The second kappa shape index (κ2) is 9.85. The van der Waals surface area contributed by atoms with Gasteiger partial charge in [0.2, 0.25) is 5.91 Å². The van der Waals surface area contributed by atoms with Crippen LogP contribution in [0.4, 0.5) is 11.4 Å². The van der Waals surface area contributed by atoms with Gasteiger partial charge in [-0.05, 0) is 74.5 Å². The maximum Gasteiger partial charge on any atom is 0.264 e. The molecule has 0 fully saturated rings. The van der Waals surface area contributed by atoms with E-state index in [4.69, 9.17) is 16.3 Å². The monoisotopic (exact) mass is 458 g/mol. The molecule has 0 atom stereocenters. The van der Waals surface area contributed by atoms with Crippen molar-refractivity contribution in [2.75, 3.05) is 22.8 Å². The summed E-state index contributed by atoms with van der Waals surface area (Å²) in [7, 11) is -3.98. The van der Waals surface area contributed by atoms with Crippen molar-refractivity contribution >= 4 is 38.9 Å². The van der Waals surface area contributed by atoms with Crippen molar-refractivity contribution in [3.05, 3.63) is 83.4 Å². The van der Waals surface area contributed by atoms with Crippen molar-refractivity contribution in [2.24, 2.45) is 0 Å². The molecule has 0 aromatic heterocycles. The molecule has 3 rings (SSSR count). The SMILES string of the molecule is CCOc1ccc(N(CC(=O)Nc2ccc(Cl)cc2)S(=O)(=O)c2ccc(C)cc2)cc1. The van der Waals surface area contributed by atoms with Crippen LogP contribution >= 0.6 is 11.6 Å². The minimum Gasteiger partial charge on any atom is -0.494 e. The van der Waals surface area contributed by atoms with E-state index in [1.54, 1.807) is 60.7 Å². The van der Waals surface area contributed by atoms with Crippen LogP contribution in [0.5, 0.6) is 5.75 Å². The molecular formula is C23H23ClN2O4S. The predicted octanol–water partition coefficient (Wildman–Crippen LogP) is 4.88. The van der Waals surface area contributed by atoms with Gasteiger partial charge in [-0.25, -0.2) is 8.42 Å². The smallest absolute Gasteiger partial charge is 0.264 e. The molecule has 0 saturated heterocycles. The number of carbonyl (C=O) groups is 1. The van der Waals surface area contributed by atoms with E-state index < -0.39 is 22.5 Å². The molecule has 3 aromatic rings. The highest BCUT2D eigenvalue weighted by molar-refractivity contribution is 7.92. The van der Waals surface area contributed by atoms with Crippen LogP contribution < -0.4 is 14.4 Å². The Morgan fingerprint density at radius 3 is 2.16 bits per heavy atom. The summed E-state index contributed by atoms with van der Waals surface area (Å²) in [6.45, 7) is 3.84. The quantitative estimate of drug-likeness (QED) is 0.522. The number of rotatable bonds is 8. The molecule has 3 aromatic carbocycles. The summed E-state index contributed by atoms with van der Waals surface area (Å²) >= 11 is 5.88. The Morgan fingerprint density at radius 1 is 0.968 bits per heavy atom. The van der Waals surface area contributed by atoms with Gasteiger partial charge in [0.1, 0.15) is 12.3 Å². The van der Waals surface area contributed by atoms with Gasteiger partial charge in [0, 0.05) is 10.7 Å². The van der Waals surface area contributed by atoms with Crippen molar-refractivity contribution in [1.29, 1.82) is 0 Å². The lowest BCUT2D eigenvalue weighted by molar-refractivity contribution is -0.114. The van der Waals surface area contributed by atoms with Gasteiger partial charge in [-0.1, -0.05) is 29.3 Å². The molecule has 0 unspecified atom stereocenters. The summed E-state index contributed by atoms with van der Waals surface area (Å²) in [5, 5.41) is 3.24. The first-order valence-corrected chi connectivity index (χ1v) is 11.5. The molecule has 6 nitrogen and oxygen atoms in total. The number of anilines is 2. The van der Waals surface area contributed by atoms with E-state index in [2.05, 4.69) is 5.32 Å². The van der Waals surface area contributed by atoms with E-state index in [0.29, 0.717) is 28.8 Å². The highest BCUT2D eigenvalue weighted by Gasteiger charge is 2.27. The van der Waals surface area contributed by atoms with Crippen LogP contribution in [0, 0.1) is 6.92 Å². The van der Waals surface area contributed by atoms with E-state index in [0.717, 1.165) is 9.87 Å². The zero-order valence-corrected chi connectivity index (χ0v) is 18.8. The maximum atomic E-state index is 13.4. The summed E-state index contributed by atoms with van der Waals surface area (Å²) < 4.78 is 33.3. The van der Waals surface area contributed by atoms with E-state index in [9.17, 15) is 13.2 Å². The van der Waals surface area contributed by atoms with Crippen molar-refractivity contribution in [1.82, 2.24) is 0 Å². The number of amides is 1. The number of hydrogen-bond acceptors (Lipinski definition) is 4. The molecule has 1 N–H and O–H groups in total. The third-order valence-electron chi connectivity index (χ3n) is 4.46. The Bertz CT molecular complexity index is 1130. The largest absolute Gasteiger partial charge is 0.494 e. The Balaban J connectivity index is 1.92. The molecule has 8 heteroatoms. The number of benzene rings is 3. The third kappa shape index (κ3) is 5.77. The Hall–Kier alpha value is -3.03. The molecular weight excluding hydrogens is 436 g/mol. The predicted molar refractivity (Wildman–Crippen MR) is 123 cm³/mol. The van der Waals surface area contributed by atoms with Gasteiger partial charge in [-0.3, -0.25) is 9.10 Å². The first-order valence-electron chi connectivity index (χ1n) is 9.67. The first-order chi connectivity index (χ1) is 14.8. The van der Waals surface area contributed by atoms with Crippen LogP contribution in [0.15, 0.2) is 77.7 Å². The van der Waals surface area contributed by atoms with Gasteiger partial charge in [-0.2, -0.15) is 0 Å². The van der Waals surface area contributed by atoms with E-state index in [1.807, 2.05) is 13.8 Å². The zero-order valence-electron chi connectivity index (χ0n) is 17.2. The first kappa shape index (κ1) is 22.7. The highest BCUT2D eigenvalue weighted by Crippen LogP contribution is 2.26. The van der Waals surface area contributed by atoms with Crippen LogP contribution in [0.1, 0.15) is 12.5 Å². The molecule has 0 heterocycles. The average molecular weight is 459 g/mol. The lowest BCUT2D eigenvalue weighted by Gasteiger charge is -2.24. The molecule has 162 valence electrons. The van der Waals surface area contributed by atoms with Gasteiger partial charge in [-0.15, -0.1) is 0 Å². The summed E-state index contributed by atoms with van der Waals surface area (Å²) in [6.07, 6.45) is 0.